The highest BCUT2D eigenvalue weighted by molar-refractivity contribution is 5.93. The molecule has 0 spiro atoms. The van der Waals surface area contributed by atoms with Crippen LogP contribution >= 0.6 is 0 Å². The maximum Gasteiger partial charge on any atom is 0.236 e. The van der Waals surface area contributed by atoms with Crippen molar-refractivity contribution in [2.75, 3.05) is 76.6 Å². The molecule has 0 radical (unpaired) electrons. The van der Waals surface area contributed by atoms with Crippen molar-refractivity contribution in [3.8, 4) is 23.1 Å². The summed E-state index contributed by atoms with van der Waals surface area (Å²) in [5.41, 5.74) is 19.1. The number of carbonyl (C=O) groups excluding carboxylic acids is 2. The zero-order valence-corrected chi connectivity index (χ0v) is 41.4. The van der Waals surface area contributed by atoms with E-state index in [-0.39, 0.29) is 23.9 Å². The number of nitrogens with two attached hydrogens (primary N) is 2. The first-order chi connectivity index (χ1) is 35.1. The van der Waals surface area contributed by atoms with Crippen molar-refractivity contribution in [3.63, 3.8) is 0 Å². The number of ether oxygens (including phenoxy) is 4. The molecule has 0 saturated carbocycles. The molecule has 2 aliphatic heterocycles. The van der Waals surface area contributed by atoms with Gasteiger partial charge in [0.1, 0.15) is 49.0 Å². The summed E-state index contributed by atoms with van der Waals surface area (Å²) < 4.78 is 25.6. The Kier molecular flexibility index (Phi) is 15.7. The number of imidazole rings is 2. The number of piperidine rings is 2. The van der Waals surface area contributed by atoms with Crippen LogP contribution in [0.2, 0.25) is 0 Å². The molecule has 2 aliphatic rings. The topological polar surface area (TPSA) is 215 Å². The second kappa shape index (κ2) is 22.8. The number of fused-ring (bicyclic) bond motifs is 4. The number of nitrogens with one attached hydrogen (secondary N) is 2. The third kappa shape index (κ3) is 11.4. The van der Waals surface area contributed by atoms with Gasteiger partial charge >= 0.3 is 0 Å². The highest BCUT2D eigenvalue weighted by Crippen LogP contribution is 2.32. The SMILES string of the molecule is COCCOc1ccc2c(c1)ncn2-c1ccc2cccc(N3CCC(NC(=O)[C@@H](C)N)CC3)c2n1.COCCOc1ccc2c(c1)ncn2-c1ccc2cccc(N3CCC(NC(=O)[C@H](C)N)CC3)c2n1. The summed E-state index contributed by atoms with van der Waals surface area (Å²) in [7, 11) is 3.31. The van der Waals surface area contributed by atoms with Gasteiger partial charge in [0, 0.05) is 75.4 Å². The van der Waals surface area contributed by atoms with E-state index in [0.29, 0.717) is 26.4 Å². The fraction of sp³-hybridized carbons (Fsp3) is 0.370. The molecule has 4 aromatic heterocycles. The normalized spacial score (nSPS) is 15.4. The van der Waals surface area contributed by atoms with Crippen LogP contribution < -0.4 is 41.4 Å². The summed E-state index contributed by atoms with van der Waals surface area (Å²) in [4.78, 5) is 47.9. The number of methoxy groups -OCH3 is 2. The van der Waals surface area contributed by atoms with Crippen molar-refractivity contribution in [2.45, 2.75) is 63.7 Å². The molecule has 6 N–H and O–H groups in total. The molecule has 2 atom stereocenters. The first-order valence-electron chi connectivity index (χ1n) is 24.7. The number of anilines is 2. The Balaban J connectivity index is 0.000000178. The van der Waals surface area contributed by atoms with Gasteiger partial charge in [0.15, 0.2) is 0 Å². The van der Waals surface area contributed by atoms with Gasteiger partial charge in [-0.1, -0.05) is 24.3 Å². The Morgan fingerprint density at radius 2 is 1.00 bits per heavy atom. The van der Waals surface area contributed by atoms with Gasteiger partial charge in [0.2, 0.25) is 11.8 Å². The fourth-order valence-corrected chi connectivity index (χ4v) is 9.23. The molecular weight excluding hydrogens is 913 g/mol. The van der Waals surface area contributed by atoms with Crippen LogP contribution in [0.4, 0.5) is 11.4 Å². The predicted molar refractivity (Wildman–Crippen MR) is 282 cm³/mol. The number of pyridine rings is 2. The Labute approximate surface area is 418 Å². The van der Waals surface area contributed by atoms with E-state index < -0.39 is 12.1 Å². The lowest BCUT2D eigenvalue weighted by molar-refractivity contribution is -0.123. The third-order valence-corrected chi connectivity index (χ3v) is 13.2. The molecule has 0 unspecified atom stereocenters. The van der Waals surface area contributed by atoms with Crippen LogP contribution in [-0.4, -0.2) is 132 Å². The van der Waals surface area contributed by atoms with Crippen LogP contribution in [0.1, 0.15) is 39.5 Å². The summed E-state index contributed by atoms with van der Waals surface area (Å²) in [6.45, 7) is 8.85. The summed E-state index contributed by atoms with van der Waals surface area (Å²) >= 11 is 0. The standard InChI is InChI=1S/2C27H32N6O3/c2*1-18(28)27(34)30-20-10-12-32(13-11-20)24-5-3-4-19-6-9-25(31-26(19)24)33-17-29-22-16-21(7-8-23(22)33)36-15-14-35-2/h2*3-9,16-18,20H,10-15,28H2,1-2H3,(H,30,34)/t2*18-/m10/s1. The summed E-state index contributed by atoms with van der Waals surface area (Å²) in [6, 6.07) is 31.9. The number of para-hydroxylation sites is 2. The second-order valence-corrected chi connectivity index (χ2v) is 18.4. The maximum atomic E-state index is 12.0. The Morgan fingerprint density at radius 3 is 1.39 bits per heavy atom. The Morgan fingerprint density at radius 1 is 0.583 bits per heavy atom. The lowest BCUT2D eigenvalue weighted by Crippen LogP contribution is -2.48. The first-order valence-corrected chi connectivity index (χ1v) is 24.7. The van der Waals surface area contributed by atoms with Crippen LogP contribution in [-0.2, 0) is 19.1 Å². The molecule has 6 heterocycles. The molecular formula is C54H64N12O6. The van der Waals surface area contributed by atoms with Gasteiger partial charge in [0.05, 0.1) is 69.8 Å². The molecule has 72 heavy (non-hydrogen) atoms. The Bertz CT molecular complexity index is 2930. The number of carbonyl (C=O) groups is 2. The van der Waals surface area contributed by atoms with E-state index in [2.05, 4.69) is 78.9 Å². The average Bonchev–Trinajstić information content (AvgIpc) is 4.03. The molecule has 2 fully saturated rings. The lowest BCUT2D eigenvalue weighted by Gasteiger charge is -2.34. The van der Waals surface area contributed by atoms with Crippen LogP contribution in [0.25, 0.3) is 55.5 Å². The van der Waals surface area contributed by atoms with Gasteiger partial charge in [0.25, 0.3) is 0 Å². The van der Waals surface area contributed by atoms with Crippen molar-refractivity contribution in [1.29, 1.82) is 0 Å². The number of nitrogens with zero attached hydrogens (tertiary/aromatic N) is 8. The minimum atomic E-state index is -0.488. The van der Waals surface area contributed by atoms with Gasteiger partial charge in [-0.2, -0.15) is 0 Å². The minimum Gasteiger partial charge on any atom is -0.491 e. The van der Waals surface area contributed by atoms with E-state index >= 15 is 0 Å². The van der Waals surface area contributed by atoms with Crippen molar-refractivity contribution < 1.29 is 28.5 Å². The zero-order valence-electron chi connectivity index (χ0n) is 41.4. The largest absolute Gasteiger partial charge is 0.491 e. The van der Waals surface area contributed by atoms with Gasteiger partial charge in [-0.05, 0) is 100 Å². The maximum absolute atomic E-state index is 12.0. The number of hydrogen-bond donors (Lipinski definition) is 4. The summed E-state index contributed by atoms with van der Waals surface area (Å²) in [6.07, 6.45) is 7.08. The molecule has 10 rings (SSSR count). The Hall–Kier alpha value is -7.38. The van der Waals surface area contributed by atoms with Crippen molar-refractivity contribution in [1.82, 2.24) is 39.7 Å². The van der Waals surface area contributed by atoms with Gasteiger partial charge in [-0.3, -0.25) is 18.7 Å². The van der Waals surface area contributed by atoms with Crippen LogP contribution in [0.5, 0.6) is 11.5 Å². The number of rotatable bonds is 16. The average molecular weight is 977 g/mol. The van der Waals surface area contributed by atoms with Crippen molar-refractivity contribution in [2.24, 2.45) is 11.5 Å². The molecule has 4 aromatic carbocycles. The predicted octanol–water partition coefficient (Wildman–Crippen LogP) is 6.06. The summed E-state index contributed by atoms with van der Waals surface area (Å²) in [5.74, 6) is 2.96. The third-order valence-electron chi connectivity index (χ3n) is 13.2. The number of amides is 2. The summed E-state index contributed by atoms with van der Waals surface area (Å²) in [5, 5.41) is 8.29. The molecule has 0 aliphatic carbocycles. The van der Waals surface area contributed by atoms with Crippen molar-refractivity contribution in [3.05, 3.63) is 110 Å². The fourth-order valence-electron chi connectivity index (χ4n) is 9.23. The number of hydrogen-bond acceptors (Lipinski definition) is 14. The second-order valence-electron chi connectivity index (χ2n) is 18.4. The van der Waals surface area contributed by atoms with Crippen molar-refractivity contribution >= 4 is 67.1 Å². The van der Waals surface area contributed by atoms with E-state index in [1.165, 1.54) is 0 Å². The molecule has 0 bridgehead atoms. The molecule has 8 aromatic rings. The van der Waals surface area contributed by atoms with E-state index in [9.17, 15) is 9.59 Å². The van der Waals surface area contributed by atoms with Gasteiger partial charge in [-0.25, -0.2) is 19.9 Å². The van der Waals surface area contributed by atoms with E-state index in [1.807, 2.05) is 57.7 Å². The number of aromatic nitrogens is 6. The molecule has 376 valence electrons. The molecule has 18 nitrogen and oxygen atoms in total. The first kappa shape index (κ1) is 49.6. The highest BCUT2D eigenvalue weighted by atomic mass is 16.5. The van der Waals surface area contributed by atoms with Crippen LogP contribution in [0, 0.1) is 0 Å². The van der Waals surface area contributed by atoms with E-state index in [4.69, 9.17) is 40.4 Å². The molecule has 2 amide bonds. The smallest absolute Gasteiger partial charge is 0.236 e. The zero-order chi connectivity index (χ0) is 50.1. The lowest BCUT2D eigenvalue weighted by atomic mass is 10.0. The van der Waals surface area contributed by atoms with Gasteiger partial charge in [-0.15, -0.1) is 0 Å². The van der Waals surface area contributed by atoms with Gasteiger partial charge < -0.3 is 50.8 Å². The highest BCUT2D eigenvalue weighted by Gasteiger charge is 2.25. The van der Waals surface area contributed by atoms with Crippen LogP contribution in [0.3, 0.4) is 0 Å². The van der Waals surface area contributed by atoms with E-state index in [1.54, 1.807) is 40.7 Å². The van der Waals surface area contributed by atoms with Crippen LogP contribution in [0.15, 0.2) is 110 Å². The molecule has 18 heteroatoms. The number of benzene rings is 4. The monoisotopic (exact) mass is 977 g/mol. The molecule has 2 saturated heterocycles. The van der Waals surface area contributed by atoms with E-state index in [0.717, 1.165) is 130 Å². The minimum absolute atomic E-state index is 0.0915. The quantitative estimate of drug-likeness (QED) is 0.0811.